The van der Waals surface area contributed by atoms with Crippen molar-refractivity contribution in [3.05, 3.63) is 82.9 Å². The summed E-state index contributed by atoms with van der Waals surface area (Å²) in [5.41, 5.74) is -8.17. The Morgan fingerprint density at radius 3 is 1.98 bits per heavy atom. The molecule has 2 aromatic carbocycles. The lowest BCUT2D eigenvalue weighted by Gasteiger charge is -2.67. The van der Waals surface area contributed by atoms with Crippen molar-refractivity contribution in [3.8, 4) is 0 Å². The van der Waals surface area contributed by atoms with E-state index < -0.39 is 118 Å². The van der Waals surface area contributed by atoms with Gasteiger partial charge in [-0.15, -0.1) is 0 Å². The van der Waals surface area contributed by atoms with Crippen LogP contribution in [0.5, 0.6) is 0 Å². The Hall–Kier alpha value is -4.96. The van der Waals surface area contributed by atoms with Crippen LogP contribution in [0.25, 0.3) is 0 Å². The van der Waals surface area contributed by atoms with Crippen LogP contribution in [0.4, 0.5) is 0 Å². The highest BCUT2D eigenvalue weighted by Gasteiger charge is 2.78. The lowest BCUT2D eigenvalue weighted by molar-refractivity contribution is -0.346. The largest absolute Gasteiger partial charge is 0.456 e. The van der Waals surface area contributed by atoms with Crippen LogP contribution in [0.15, 0.2) is 71.8 Å². The predicted molar refractivity (Wildman–Crippen MR) is 212 cm³/mol. The maximum absolute atomic E-state index is 15.4. The molecular formula is C45H55NO14. The molecule has 4 aliphatic rings. The third kappa shape index (κ3) is 7.32. The Labute approximate surface area is 348 Å². The van der Waals surface area contributed by atoms with Gasteiger partial charge in [0.05, 0.1) is 35.6 Å². The maximum Gasteiger partial charge on any atom is 0.338 e. The average Bonchev–Trinajstić information content (AvgIpc) is 3.17. The van der Waals surface area contributed by atoms with Crippen LogP contribution in [0.3, 0.4) is 0 Å². The second-order valence-corrected chi connectivity index (χ2v) is 18.3. The monoisotopic (exact) mass is 833 g/mol. The van der Waals surface area contributed by atoms with Gasteiger partial charge in [0.25, 0.3) is 5.91 Å². The van der Waals surface area contributed by atoms with Gasteiger partial charge in [0.1, 0.15) is 23.9 Å². The van der Waals surface area contributed by atoms with Crippen molar-refractivity contribution in [2.45, 2.75) is 129 Å². The second kappa shape index (κ2) is 15.8. The summed E-state index contributed by atoms with van der Waals surface area (Å²) in [5, 5.41) is 40.1. The van der Waals surface area contributed by atoms with E-state index in [0.29, 0.717) is 0 Å². The number of Topliss-reactive ketones (excluding diaryl/α,β-unsaturated/α-hetero) is 1. The van der Waals surface area contributed by atoms with Crippen molar-refractivity contribution in [3.63, 3.8) is 0 Å². The molecule has 0 aromatic heterocycles. The first-order valence-electron chi connectivity index (χ1n) is 20.1. The van der Waals surface area contributed by atoms with Gasteiger partial charge in [-0.3, -0.25) is 19.2 Å². The number of aliphatic hydroxyl groups excluding tert-OH is 2. The normalized spacial score (nSPS) is 32.9. The molecule has 2 aromatic rings. The van der Waals surface area contributed by atoms with Gasteiger partial charge in [-0.2, -0.15) is 0 Å². The Kier molecular flexibility index (Phi) is 11.8. The molecule has 3 aliphatic carbocycles. The molecule has 0 radical (unpaired) electrons. The van der Waals surface area contributed by atoms with E-state index in [1.165, 1.54) is 26.0 Å². The summed E-state index contributed by atoms with van der Waals surface area (Å²) >= 11 is 0. The summed E-state index contributed by atoms with van der Waals surface area (Å²) in [4.78, 5) is 83.0. The molecule has 6 rings (SSSR count). The van der Waals surface area contributed by atoms with E-state index in [1.807, 2.05) is 0 Å². The fraction of sp³-hybridized carbons (Fsp3) is 0.556. The topological polar surface area (TPSA) is 221 Å². The standard InChI is InChI=1S/C45H55NO14/c1-23-28(58-40(54)32(50)35(41(4,5)6)46-38(52)26-16-12-10-13-17-26)21-45(55)37(59-39(53)27-18-14-11-15-19-27)34-43(9,29(49)20-30-44(34,22-56-30)60-25(3)48)36(51)33(57-24(2)47)31(23)42(45,7)8/h10-19,28-30,32-35,37,49-50,55H,20-22H2,1-9H3,(H,46,52)/t28-,29-,30+,32+,33+,34-,35+,37-,43+,44-,45+/m0/s1. The SMILES string of the molecule is CC(=O)O[C@H]1C(=O)[C@@]2(C)[C@H]([C@H](OC(=O)c3ccccc3)[C@]3(O)C[C@H](OC(=O)[C@H](O)[C@@H](NC(=O)c4ccccc4)C(C)(C)C)C(C)=C1C3(C)C)[C@]1(OC(C)=O)CO[C@@H]1C[C@@H]2O. The van der Waals surface area contributed by atoms with E-state index in [1.54, 1.807) is 83.1 Å². The molecule has 4 N–H and O–H groups in total. The van der Waals surface area contributed by atoms with Gasteiger partial charge < -0.3 is 44.3 Å². The summed E-state index contributed by atoms with van der Waals surface area (Å²) in [6.45, 7) is 13.1. The number of rotatable bonds is 9. The molecule has 1 amide bonds. The lowest BCUT2D eigenvalue weighted by Crippen LogP contribution is -2.82. The minimum atomic E-state index is -2.37. The summed E-state index contributed by atoms with van der Waals surface area (Å²) in [6.07, 6.45) is -10.3. The molecule has 60 heavy (non-hydrogen) atoms. The van der Waals surface area contributed by atoms with Gasteiger partial charge in [-0.05, 0) is 54.7 Å². The molecule has 1 aliphatic heterocycles. The van der Waals surface area contributed by atoms with Crippen LogP contribution >= 0.6 is 0 Å². The van der Waals surface area contributed by atoms with Crippen molar-refractivity contribution in [1.82, 2.24) is 5.32 Å². The number of ether oxygens (including phenoxy) is 5. The molecule has 324 valence electrons. The Morgan fingerprint density at radius 1 is 0.883 bits per heavy atom. The molecule has 3 fully saturated rings. The first-order valence-corrected chi connectivity index (χ1v) is 20.1. The van der Waals surface area contributed by atoms with E-state index in [4.69, 9.17) is 23.7 Å². The molecule has 15 nitrogen and oxygen atoms in total. The van der Waals surface area contributed by atoms with Gasteiger partial charge >= 0.3 is 23.9 Å². The van der Waals surface area contributed by atoms with Crippen molar-refractivity contribution in [1.29, 1.82) is 0 Å². The molecule has 1 heterocycles. The maximum atomic E-state index is 15.4. The molecule has 11 atom stereocenters. The molecule has 0 spiro atoms. The third-order valence-electron chi connectivity index (χ3n) is 13.3. The summed E-state index contributed by atoms with van der Waals surface area (Å²) < 4.78 is 30.2. The second-order valence-electron chi connectivity index (χ2n) is 18.3. The molecule has 2 saturated carbocycles. The van der Waals surface area contributed by atoms with Crippen molar-refractivity contribution < 1.29 is 67.8 Å². The number of benzene rings is 2. The first kappa shape index (κ1) is 44.6. The highest BCUT2D eigenvalue weighted by atomic mass is 16.6. The van der Waals surface area contributed by atoms with Crippen LogP contribution in [0.2, 0.25) is 0 Å². The van der Waals surface area contributed by atoms with Crippen molar-refractivity contribution in [2.75, 3.05) is 6.61 Å². The fourth-order valence-corrected chi connectivity index (χ4v) is 9.95. The number of nitrogens with one attached hydrogen (secondary N) is 1. The van der Waals surface area contributed by atoms with Crippen molar-refractivity contribution in [2.24, 2.45) is 22.2 Å². The molecule has 0 unspecified atom stereocenters. The number of aliphatic hydroxyl groups is 3. The van der Waals surface area contributed by atoms with E-state index in [-0.39, 0.29) is 35.3 Å². The molecule has 2 bridgehead atoms. The number of esters is 4. The number of hydrogen-bond donors (Lipinski definition) is 4. The molecule has 1 saturated heterocycles. The Bertz CT molecular complexity index is 2080. The number of amides is 1. The van der Waals surface area contributed by atoms with Crippen LogP contribution < -0.4 is 5.32 Å². The number of carbonyl (C=O) groups excluding carboxylic acids is 6. The minimum Gasteiger partial charge on any atom is -0.456 e. The van der Waals surface area contributed by atoms with E-state index in [9.17, 15) is 39.3 Å². The van der Waals surface area contributed by atoms with Gasteiger partial charge in [0.2, 0.25) is 0 Å². The predicted octanol–water partition coefficient (Wildman–Crippen LogP) is 3.41. The minimum absolute atomic E-state index is 0.00893. The molecule has 15 heteroatoms. The van der Waals surface area contributed by atoms with E-state index >= 15 is 4.79 Å². The Balaban J connectivity index is 1.53. The fourth-order valence-electron chi connectivity index (χ4n) is 9.95. The number of carbonyl (C=O) groups is 6. The highest BCUT2D eigenvalue weighted by Crippen LogP contribution is 2.64. The number of fused-ring (bicyclic) bond motifs is 5. The van der Waals surface area contributed by atoms with Crippen LogP contribution in [0, 0.1) is 22.2 Å². The van der Waals surface area contributed by atoms with Gasteiger partial charge in [-0.1, -0.05) is 71.0 Å². The lowest BCUT2D eigenvalue weighted by atomic mass is 9.44. The van der Waals surface area contributed by atoms with E-state index in [2.05, 4.69) is 5.32 Å². The Morgan fingerprint density at radius 2 is 1.47 bits per heavy atom. The van der Waals surface area contributed by atoms with Crippen molar-refractivity contribution >= 4 is 35.6 Å². The van der Waals surface area contributed by atoms with Crippen LogP contribution in [-0.2, 0) is 42.9 Å². The zero-order valence-electron chi connectivity index (χ0n) is 35.3. The third-order valence-corrected chi connectivity index (χ3v) is 13.3. The van der Waals surface area contributed by atoms with Gasteiger partial charge in [0, 0.05) is 37.7 Å². The average molecular weight is 834 g/mol. The summed E-state index contributed by atoms with van der Waals surface area (Å²) in [7, 11) is 0. The molecular weight excluding hydrogens is 778 g/mol. The van der Waals surface area contributed by atoms with Crippen LogP contribution in [-0.4, -0.2) is 111 Å². The summed E-state index contributed by atoms with van der Waals surface area (Å²) in [6, 6.07) is 14.9. The summed E-state index contributed by atoms with van der Waals surface area (Å²) in [5.74, 6) is -6.73. The number of ketones is 1. The smallest absolute Gasteiger partial charge is 0.338 e. The zero-order chi connectivity index (χ0) is 44.3. The van der Waals surface area contributed by atoms with Gasteiger partial charge in [0.15, 0.2) is 23.6 Å². The first-order chi connectivity index (χ1) is 27.9. The zero-order valence-corrected chi connectivity index (χ0v) is 35.3. The van der Waals surface area contributed by atoms with E-state index in [0.717, 1.165) is 13.8 Å². The quantitative estimate of drug-likeness (QED) is 0.162. The van der Waals surface area contributed by atoms with Gasteiger partial charge in [-0.25, -0.2) is 9.59 Å². The highest BCUT2D eigenvalue weighted by molar-refractivity contribution is 5.96. The number of hydrogen-bond acceptors (Lipinski definition) is 14. The van der Waals surface area contributed by atoms with Crippen LogP contribution in [0.1, 0.15) is 95.9 Å².